The fraction of sp³-hybridized carbons (Fsp3) is 0.647. The van der Waals surface area contributed by atoms with Crippen molar-refractivity contribution in [3.05, 3.63) is 28.8 Å². The Balaban J connectivity index is 0.00000361. The van der Waals surface area contributed by atoms with Gasteiger partial charge in [0.15, 0.2) is 0 Å². The van der Waals surface area contributed by atoms with Crippen molar-refractivity contribution in [2.45, 2.75) is 58.9 Å². The second-order valence-electron chi connectivity index (χ2n) is 5.98. The smallest absolute Gasteiger partial charge is 0.122 e. The molecule has 116 valence electrons. The van der Waals surface area contributed by atoms with Gasteiger partial charge in [-0.05, 0) is 55.5 Å². The summed E-state index contributed by atoms with van der Waals surface area (Å²) in [5, 5.41) is 10.5. The predicted molar refractivity (Wildman–Crippen MR) is 90.2 cm³/mol. The van der Waals surface area contributed by atoms with Crippen LogP contribution >= 0.6 is 12.4 Å². The number of phenols is 1. The number of benzene rings is 1. The van der Waals surface area contributed by atoms with Gasteiger partial charge in [0.25, 0.3) is 0 Å². The molecule has 1 aromatic carbocycles. The van der Waals surface area contributed by atoms with Gasteiger partial charge in [-0.15, -0.1) is 12.4 Å². The van der Waals surface area contributed by atoms with Crippen molar-refractivity contribution >= 4 is 12.4 Å². The van der Waals surface area contributed by atoms with Gasteiger partial charge in [0, 0.05) is 6.54 Å². The molecule has 1 aromatic rings. The minimum Gasteiger partial charge on any atom is -0.507 e. The molecule has 2 nitrogen and oxygen atoms in total. The molecule has 2 atom stereocenters. The summed E-state index contributed by atoms with van der Waals surface area (Å²) in [6, 6.07) is 4.35. The van der Waals surface area contributed by atoms with Crippen molar-refractivity contribution < 1.29 is 5.11 Å². The Morgan fingerprint density at radius 3 is 1.70 bits per heavy atom. The topological polar surface area (TPSA) is 23.5 Å². The van der Waals surface area contributed by atoms with E-state index in [0.717, 1.165) is 30.5 Å². The largest absolute Gasteiger partial charge is 0.507 e. The highest BCUT2D eigenvalue weighted by Crippen LogP contribution is 2.37. The molecule has 0 spiro atoms. The van der Waals surface area contributed by atoms with E-state index in [4.69, 9.17) is 0 Å². The lowest BCUT2D eigenvalue weighted by atomic mass is 9.88. The summed E-state index contributed by atoms with van der Waals surface area (Å²) >= 11 is 0. The first-order valence-corrected chi connectivity index (χ1v) is 7.41. The number of nitrogens with zero attached hydrogens (tertiary/aromatic N) is 1. The van der Waals surface area contributed by atoms with Gasteiger partial charge in [-0.2, -0.15) is 0 Å². The lowest BCUT2D eigenvalue weighted by molar-refractivity contribution is 0.400. The summed E-state index contributed by atoms with van der Waals surface area (Å²) in [6.45, 7) is 9.65. The van der Waals surface area contributed by atoms with Crippen LogP contribution in [-0.2, 0) is 6.54 Å². The SMILES string of the molecule is CCC(C)c1cc(CN(C)C)cc(C(C)CC)c1O.Cl. The molecule has 1 N–H and O–H groups in total. The quantitative estimate of drug-likeness (QED) is 0.807. The summed E-state index contributed by atoms with van der Waals surface area (Å²) in [6.07, 6.45) is 2.11. The van der Waals surface area contributed by atoms with Crippen molar-refractivity contribution in [1.29, 1.82) is 0 Å². The lowest BCUT2D eigenvalue weighted by Crippen LogP contribution is -2.12. The Morgan fingerprint density at radius 1 is 1.00 bits per heavy atom. The molecule has 0 amide bonds. The summed E-state index contributed by atoms with van der Waals surface area (Å²) in [7, 11) is 4.16. The fourth-order valence-electron chi connectivity index (χ4n) is 2.39. The highest BCUT2D eigenvalue weighted by atomic mass is 35.5. The van der Waals surface area contributed by atoms with E-state index in [0.29, 0.717) is 17.6 Å². The van der Waals surface area contributed by atoms with Crippen LogP contribution in [0.4, 0.5) is 0 Å². The van der Waals surface area contributed by atoms with Crippen molar-refractivity contribution in [3.63, 3.8) is 0 Å². The van der Waals surface area contributed by atoms with Crippen LogP contribution in [0.5, 0.6) is 5.75 Å². The van der Waals surface area contributed by atoms with Gasteiger partial charge < -0.3 is 10.0 Å². The van der Waals surface area contributed by atoms with Crippen LogP contribution in [0.1, 0.15) is 69.1 Å². The van der Waals surface area contributed by atoms with Gasteiger partial charge in [-0.25, -0.2) is 0 Å². The monoisotopic (exact) mass is 299 g/mol. The molecule has 0 bridgehead atoms. The molecule has 0 heterocycles. The van der Waals surface area contributed by atoms with Gasteiger partial charge in [-0.3, -0.25) is 0 Å². The lowest BCUT2D eigenvalue weighted by Gasteiger charge is -2.21. The molecule has 0 saturated heterocycles. The van der Waals surface area contributed by atoms with Crippen LogP contribution in [0, 0.1) is 0 Å². The van der Waals surface area contributed by atoms with Gasteiger partial charge >= 0.3 is 0 Å². The highest BCUT2D eigenvalue weighted by molar-refractivity contribution is 5.85. The number of halogens is 1. The zero-order chi connectivity index (χ0) is 14.6. The first-order valence-electron chi connectivity index (χ1n) is 7.41. The summed E-state index contributed by atoms with van der Waals surface area (Å²) < 4.78 is 0. The Labute approximate surface area is 130 Å². The Bertz CT molecular complexity index is 386. The third-order valence-corrected chi connectivity index (χ3v) is 4.01. The highest BCUT2D eigenvalue weighted by Gasteiger charge is 2.17. The second kappa shape index (κ2) is 8.53. The average Bonchev–Trinajstić information content (AvgIpc) is 2.38. The van der Waals surface area contributed by atoms with Crippen LogP contribution in [0.25, 0.3) is 0 Å². The minimum absolute atomic E-state index is 0. The molecule has 0 radical (unpaired) electrons. The fourth-order valence-corrected chi connectivity index (χ4v) is 2.39. The van der Waals surface area contributed by atoms with Gasteiger partial charge in [-0.1, -0.05) is 39.8 Å². The first kappa shape index (κ1) is 19.3. The molecule has 20 heavy (non-hydrogen) atoms. The van der Waals surface area contributed by atoms with Crippen molar-refractivity contribution in [1.82, 2.24) is 4.90 Å². The Morgan fingerprint density at radius 2 is 1.40 bits per heavy atom. The van der Waals surface area contributed by atoms with E-state index in [-0.39, 0.29) is 12.4 Å². The van der Waals surface area contributed by atoms with Gasteiger partial charge in [0.05, 0.1) is 0 Å². The molecule has 0 aliphatic rings. The van der Waals surface area contributed by atoms with E-state index in [1.54, 1.807) is 0 Å². The van der Waals surface area contributed by atoms with Crippen molar-refractivity contribution in [2.24, 2.45) is 0 Å². The molecule has 0 aliphatic heterocycles. The van der Waals surface area contributed by atoms with Crippen LogP contribution in [-0.4, -0.2) is 24.1 Å². The second-order valence-corrected chi connectivity index (χ2v) is 5.98. The average molecular weight is 300 g/mol. The van der Waals surface area contributed by atoms with E-state index in [9.17, 15) is 5.11 Å². The van der Waals surface area contributed by atoms with E-state index >= 15 is 0 Å². The maximum absolute atomic E-state index is 10.5. The van der Waals surface area contributed by atoms with E-state index < -0.39 is 0 Å². The first-order chi connectivity index (χ1) is 8.90. The number of hydrogen-bond donors (Lipinski definition) is 1. The molecular formula is C17H30ClNO. The van der Waals surface area contributed by atoms with Gasteiger partial charge in [0.2, 0.25) is 0 Å². The zero-order valence-corrected chi connectivity index (χ0v) is 14.5. The molecule has 0 saturated carbocycles. The Kier molecular flexibility index (Phi) is 8.22. The maximum Gasteiger partial charge on any atom is 0.122 e. The van der Waals surface area contributed by atoms with E-state index in [1.165, 1.54) is 5.56 Å². The number of rotatable bonds is 6. The maximum atomic E-state index is 10.5. The van der Waals surface area contributed by atoms with E-state index in [1.807, 2.05) is 0 Å². The zero-order valence-electron chi connectivity index (χ0n) is 13.7. The molecular weight excluding hydrogens is 270 g/mol. The number of phenolic OH excluding ortho intramolecular Hbond substituents is 1. The molecule has 0 aromatic heterocycles. The standard InChI is InChI=1S/C17H29NO.ClH/c1-7-12(3)15-9-14(11-18(5)6)10-16(17(15)19)13(4)8-2;/h9-10,12-13,19H,7-8,11H2,1-6H3;1H. The van der Waals surface area contributed by atoms with Crippen LogP contribution in [0.15, 0.2) is 12.1 Å². The molecule has 3 heteroatoms. The summed E-state index contributed by atoms with van der Waals surface area (Å²) in [5.41, 5.74) is 3.52. The van der Waals surface area contributed by atoms with Crippen LogP contribution in [0.2, 0.25) is 0 Å². The van der Waals surface area contributed by atoms with Crippen molar-refractivity contribution in [2.75, 3.05) is 14.1 Å². The third-order valence-electron chi connectivity index (χ3n) is 4.01. The van der Waals surface area contributed by atoms with Crippen molar-refractivity contribution in [3.8, 4) is 5.75 Å². The minimum atomic E-state index is 0. The normalized spacial score (nSPS) is 13.9. The number of aromatic hydroxyl groups is 1. The summed E-state index contributed by atoms with van der Waals surface area (Å²) in [4.78, 5) is 2.17. The predicted octanol–water partition coefficient (Wildman–Crippen LogP) is 4.90. The molecule has 1 rings (SSSR count). The van der Waals surface area contributed by atoms with E-state index in [2.05, 4.69) is 58.8 Å². The molecule has 0 aliphatic carbocycles. The Hall–Kier alpha value is -0.730. The molecule has 0 fully saturated rings. The number of hydrogen-bond acceptors (Lipinski definition) is 2. The summed E-state index contributed by atoms with van der Waals surface area (Å²) in [5.74, 6) is 1.33. The van der Waals surface area contributed by atoms with Crippen LogP contribution in [0.3, 0.4) is 0 Å². The van der Waals surface area contributed by atoms with Gasteiger partial charge in [0.1, 0.15) is 5.75 Å². The molecule has 2 unspecified atom stereocenters. The third kappa shape index (κ3) is 4.68. The van der Waals surface area contributed by atoms with Crippen LogP contribution < -0.4 is 0 Å².